The van der Waals surface area contributed by atoms with Crippen LogP contribution in [0.4, 0.5) is 14.9 Å². The molecule has 1 saturated carbocycles. The van der Waals surface area contributed by atoms with Crippen LogP contribution in [0.15, 0.2) is 12.3 Å². The van der Waals surface area contributed by atoms with Crippen LogP contribution in [0, 0.1) is 5.82 Å². The molecule has 29 heavy (non-hydrogen) atoms. The van der Waals surface area contributed by atoms with Gasteiger partial charge in [-0.05, 0) is 46.5 Å². The predicted octanol–water partition coefficient (Wildman–Crippen LogP) is 2.37. The Morgan fingerprint density at radius 1 is 1.31 bits per heavy atom. The minimum absolute atomic E-state index is 0.00619. The maximum absolute atomic E-state index is 13.6. The standard InChI is InChI=1S/C20H29FN4O4/c1-20(2,3)29-19(27)23-9-8-22-14-4-6-15(7-5-14)25-16-10-13(21)11-24-18(16)28-12-17(25)26/h10-11,14-15,22H,4-9,12H2,1-3H3,(H,23,27)/t14-,15-. The fourth-order valence-electron chi connectivity index (χ4n) is 3.73. The summed E-state index contributed by atoms with van der Waals surface area (Å²) < 4.78 is 24.2. The fraction of sp³-hybridized carbons (Fsp3) is 0.650. The van der Waals surface area contributed by atoms with Gasteiger partial charge in [-0.1, -0.05) is 0 Å². The molecule has 1 aromatic rings. The molecule has 2 heterocycles. The molecule has 0 saturated heterocycles. The van der Waals surface area contributed by atoms with Gasteiger partial charge < -0.3 is 25.0 Å². The smallest absolute Gasteiger partial charge is 0.407 e. The number of halogens is 1. The maximum atomic E-state index is 13.6. The summed E-state index contributed by atoms with van der Waals surface area (Å²) in [5, 5.41) is 6.16. The first-order chi connectivity index (χ1) is 13.7. The number of fused-ring (bicyclic) bond motifs is 1. The van der Waals surface area contributed by atoms with E-state index in [1.54, 1.807) is 4.90 Å². The van der Waals surface area contributed by atoms with Gasteiger partial charge in [0.15, 0.2) is 6.61 Å². The lowest BCUT2D eigenvalue weighted by Crippen LogP contribution is -2.49. The largest absolute Gasteiger partial charge is 0.466 e. The van der Waals surface area contributed by atoms with Crippen molar-refractivity contribution in [2.45, 2.75) is 64.1 Å². The van der Waals surface area contributed by atoms with E-state index in [0.717, 1.165) is 31.9 Å². The number of amides is 2. The molecule has 0 atom stereocenters. The first-order valence-corrected chi connectivity index (χ1v) is 10.0. The molecule has 0 unspecified atom stereocenters. The molecular formula is C20H29FN4O4. The van der Waals surface area contributed by atoms with E-state index in [2.05, 4.69) is 15.6 Å². The second kappa shape index (κ2) is 8.94. The maximum Gasteiger partial charge on any atom is 0.407 e. The lowest BCUT2D eigenvalue weighted by atomic mass is 9.89. The van der Waals surface area contributed by atoms with Gasteiger partial charge in [0.05, 0.1) is 6.20 Å². The number of anilines is 1. The van der Waals surface area contributed by atoms with Crippen molar-refractivity contribution in [3.63, 3.8) is 0 Å². The van der Waals surface area contributed by atoms with Crippen LogP contribution in [0.3, 0.4) is 0 Å². The van der Waals surface area contributed by atoms with Gasteiger partial charge in [0.1, 0.15) is 17.1 Å². The van der Waals surface area contributed by atoms with E-state index >= 15 is 0 Å². The molecule has 1 aliphatic heterocycles. The molecule has 0 bridgehead atoms. The summed E-state index contributed by atoms with van der Waals surface area (Å²) in [6.07, 6.45) is 4.06. The Morgan fingerprint density at radius 2 is 2.03 bits per heavy atom. The van der Waals surface area contributed by atoms with E-state index in [9.17, 15) is 14.0 Å². The van der Waals surface area contributed by atoms with Crippen molar-refractivity contribution in [2.75, 3.05) is 24.6 Å². The minimum Gasteiger partial charge on any atom is -0.466 e. The number of pyridine rings is 1. The average Bonchev–Trinajstić information content (AvgIpc) is 2.64. The second-order valence-corrected chi connectivity index (χ2v) is 8.42. The second-order valence-electron chi connectivity index (χ2n) is 8.42. The number of nitrogens with one attached hydrogen (secondary N) is 2. The quantitative estimate of drug-likeness (QED) is 0.727. The van der Waals surface area contributed by atoms with Crippen molar-refractivity contribution in [1.82, 2.24) is 15.6 Å². The van der Waals surface area contributed by atoms with Crippen LogP contribution in [0.2, 0.25) is 0 Å². The highest BCUT2D eigenvalue weighted by Crippen LogP contribution is 2.35. The Kier molecular flexibility index (Phi) is 6.56. The molecule has 1 aliphatic carbocycles. The molecule has 0 spiro atoms. The summed E-state index contributed by atoms with van der Waals surface area (Å²) in [6, 6.07) is 1.63. The van der Waals surface area contributed by atoms with Gasteiger partial charge in [0.2, 0.25) is 5.88 Å². The zero-order valence-corrected chi connectivity index (χ0v) is 17.2. The van der Waals surface area contributed by atoms with Gasteiger partial charge in [0.25, 0.3) is 5.91 Å². The first-order valence-electron chi connectivity index (χ1n) is 10.0. The molecule has 1 fully saturated rings. The highest BCUT2D eigenvalue weighted by molar-refractivity contribution is 5.97. The fourth-order valence-corrected chi connectivity index (χ4v) is 3.73. The van der Waals surface area contributed by atoms with E-state index in [0.29, 0.717) is 30.7 Å². The lowest BCUT2D eigenvalue weighted by molar-refractivity contribution is -0.122. The van der Waals surface area contributed by atoms with Crippen LogP contribution < -0.4 is 20.3 Å². The minimum atomic E-state index is -0.510. The summed E-state index contributed by atoms with van der Waals surface area (Å²) in [5.41, 5.74) is -0.0941. The molecule has 0 aromatic carbocycles. The van der Waals surface area contributed by atoms with Gasteiger partial charge in [-0.25, -0.2) is 14.2 Å². The number of hydrogen-bond acceptors (Lipinski definition) is 6. The molecule has 8 nitrogen and oxygen atoms in total. The predicted molar refractivity (Wildman–Crippen MR) is 105 cm³/mol. The van der Waals surface area contributed by atoms with Gasteiger partial charge in [-0.3, -0.25) is 4.79 Å². The van der Waals surface area contributed by atoms with Crippen LogP contribution in [-0.2, 0) is 9.53 Å². The molecule has 0 radical (unpaired) electrons. The average molecular weight is 408 g/mol. The van der Waals surface area contributed by atoms with Gasteiger partial charge >= 0.3 is 6.09 Å². The number of ether oxygens (including phenoxy) is 2. The summed E-state index contributed by atoms with van der Waals surface area (Å²) >= 11 is 0. The molecule has 2 N–H and O–H groups in total. The van der Waals surface area contributed by atoms with Crippen molar-refractivity contribution in [2.24, 2.45) is 0 Å². The Labute approximate surface area is 170 Å². The van der Waals surface area contributed by atoms with E-state index in [-0.39, 0.29) is 18.6 Å². The monoisotopic (exact) mass is 408 g/mol. The SMILES string of the molecule is CC(C)(C)OC(=O)NCCN[C@H]1CC[C@H](N2C(=O)COc3ncc(F)cc32)CC1. The van der Waals surface area contributed by atoms with Crippen LogP contribution in [-0.4, -0.2) is 54.4 Å². The van der Waals surface area contributed by atoms with E-state index in [1.807, 2.05) is 20.8 Å². The molecular weight excluding hydrogens is 379 g/mol. The van der Waals surface area contributed by atoms with Gasteiger partial charge in [0, 0.05) is 31.2 Å². The van der Waals surface area contributed by atoms with Gasteiger partial charge in [-0.15, -0.1) is 0 Å². The van der Waals surface area contributed by atoms with Crippen LogP contribution in [0.25, 0.3) is 0 Å². The number of carbonyl (C=O) groups is 2. The van der Waals surface area contributed by atoms with Crippen molar-refractivity contribution in [1.29, 1.82) is 0 Å². The van der Waals surface area contributed by atoms with Crippen LogP contribution >= 0.6 is 0 Å². The molecule has 2 amide bonds. The van der Waals surface area contributed by atoms with Gasteiger partial charge in [-0.2, -0.15) is 0 Å². The highest BCUT2D eigenvalue weighted by atomic mass is 19.1. The highest BCUT2D eigenvalue weighted by Gasteiger charge is 2.35. The summed E-state index contributed by atoms with van der Waals surface area (Å²) in [5.74, 6) is -0.345. The molecule has 1 aromatic heterocycles. The third-order valence-corrected chi connectivity index (χ3v) is 4.95. The molecule has 160 valence electrons. The Bertz CT molecular complexity index is 744. The summed E-state index contributed by atoms with van der Waals surface area (Å²) in [7, 11) is 0. The number of nitrogens with zero attached hydrogens (tertiary/aromatic N) is 2. The Balaban J connectivity index is 1.45. The summed E-state index contributed by atoms with van der Waals surface area (Å²) in [6.45, 7) is 6.53. The molecule has 3 rings (SSSR count). The molecule has 9 heteroatoms. The van der Waals surface area contributed by atoms with E-state index in [4.69, 9.17) is 9.47 Å². The third kappa shape index (κ3) is 5.79. The van der Waals surface area contributed by atoms with Crippen molar-refractivity contribution in [3.8, 4) is 5.88 Å². The van der Waals surface area contributed by atoms with E-state index in [1.165, 1.54) is 6.07 Å². The van der Waals surface area contributed by atoms with Crippen LogP contribution in [0.1, 0.15) is 46.5 Å². The van der Waals surface area contributed by atoms with Crippen molar-refractivity contribution in [3.05, 3.63) is 18.1 Å². The topological polar surface area (TPSA) is 92.8 Å². The number of rotatable bonds is 5. The number of aromatic nitrogens is 1. The zero-order chi connectivity index (χ0) is 21.0. The third-order valence-electron chi connectivity index (χ3n) is 4.95. The van der Waals surface area contributed by atoms with Crippen molar-refractivity contribution < 1.29 is 23.5 Å². The Hall–Kier alpha value is -2.42. The zero-order valence-electron chi connectivity index (χ0n) is 17.2. The first kappa shape index (κ1) is 21.3. The summed E-state index contributed by atoms with van der Waals surface area (Å²) in [4.78, 5) is 29.6. The Morgan fingerprint density at radius 3 is 2.72 bits per heavy atom. The lowest BCUT2D eigenvalue weighted by Gasteiger charge is -2.39. The number of alkyl carbamates (subject to hydrolysis) is 1. The van der Waals surface area contributed by atoms with E-state index < -0.39 is 17.5 Å². The number of carbonyl (C=O) groups excluding carboxylic acids is 2. The number of hydrogen-bond donors (Lipinski definition) is 2. The normalized spacial score (nSPS) is 21.9. The van der Waals surface area contributed by atoms with Crippen LogP contribution in [0.5, 0.6) is 5.88 Å². The van der Waals surface area contributed by atoms with Crippen molar-refractivity contribution >= 4 is 17.7 Å². The molecule has 2 aliphatic rings.